The summed E-state index contributed by atoms with van der Waals surface area (Å²) < 4.78 is 28.3. The van der Waals surface area contributed by atoms with Gasteiger partial charge in [0.25, 0.3) is 0 Å². The van der Waals surface area contributed by atoms with E-state index in [1.54, 1.807) is 61.1 Å². The molecule has 0 aliphatic heterocycles. The number of nitrogens with one attached hydrogen (secondary N) is 1. The van der Waals surface area contributed by atoms with Crippen molar-refractivity contribution in [3.8, 4) is 22.4 Å². The number of halogens is 2. The molecule has 31 heavy (non-hydrogen) atoms. The topological polar surface area (TPSA) is 72.0 Å². The molecular formula is C23H17Cl2N3O2S. The molecule has 0 spiro atoms. The normalized spacial score (nSPS) is 11.4. The zero-order valence-electron chi connectivity index (χ0n) is 16.2. The van der Waals surface area contributed by atoms with Crippen molar-refractivity contribution in [3.05, 3.63) is 101 Å². The van der Waals surface area contributed by atoms with E-state index in [9.17, 15) is 8.42 Å². The van der Waals surface area contributed by atoms with Gasteiger partial charge in [0.2, 0.25) is 10.0 Å². The van der Waals surface area contributed by atoms with Crippen LogP contribution in [0.1, 0.15) is 5.56 Å². The molecule has 4 aromatic rings. The molecule has 0 aliphatic rings. The van der Waals surface area contributed by atoms with Crippen LogP contribution in [0.25, 0.3) is 22.4 Å². The summed E-state index contributed by atoms with van der Waals surface area (Å²) >= 11 is 12.0. The van der Waals surface area contributed by atoms with Crippen LogP contribution in [0.2, 0.25) is 10.0 Å². The first-order valence-electron chi connectivity index (χ1n) is 9.33. The molecule has 0 atom stereocenters. The fraction of sp³-hybridized carbons (Fsp3) is 0.0435. The fourth-order valence-corrected chi connectivity index (χ4v) is 4.41. The average molecular weight is 470 g/mol. The Labute approximate surface area is 190 Å². The van der Waals surface area contributed by atoms with Crippen LogP contribution >= 0.6 is 23.2 Å². The molecule has 4 rings (SSSR count). The predicted molar refractivity (Wildman–Crippen MR) is 123 cm³/mol. The summed E-state index contributed by atoms with van der Waals surface area (Å²) in [5.74, 6) is 0. The van der Waals surface area contributed by atoms with Gasteiger partial charge in [0.1, 0.15) is 0 Å². The van der Waals surface area contributed by atoms with Gasteiger partial charge in [-0.2, -0.15) is 0 Å². The predicted octanol–water partition coefficient (Wildman–Crippen LogP) is 5.60. The van der Waals surface area contributed by atoms with Gasteiger partial charge in [-0.25, -0.2) is 13.1 Å². The number of hydrogen-bond acceptors (Lipinski definition) is 4. The van der Waals surface area contributed by atoms with Gasteiger partial charge in [-0.15, -0.1) is 0 Å². The minimum absolute atomic E-state index is 0.106. The third-order valence-electron chi connectivity index (χ3n) is 4.70. The number of rotatable bonds is 6. The standard InChI is InChI=1S/C23H17Cl2N3O2S/c24-21-10-7-17(13-22(21)25)16-5-8-20(9-6-16)31(29,30)28-15-19-4-2-12-27-23(19)18-3-1-11-26-14-18/h1-14,28H,15H2. The molecule has 2 heterocycles. The Bertz CT molecular complexity index is 1310. The molecule has 0 radical (unpaired) electrons. The third kappa shape index (κ3) is 4.94. The maximum absolute atomic E-state index is 12.8. The molecular weight excluding hydrogens is 453 g/mol. The first-order valence-corrected chi connectivity index (χ1v) is 11.6. The molecule has 0 bridgehead atoms. The van der Waals surface area contributed by atoms with Crippen molar-refractivity contribution in [3.63, 3.8) is 0 Å². The van der Waals surface area contributed by atoms with Gasteiger partial charge in [-0.05, 0) is 59.2 Å². The van der Waals surface area contributed by atoms with Gasteiger partial charge in [0, 0.05) is 30.7 Å². The number of benzene rings is 2. The van der Waals surface area contributed by atoms with Crippen LogP contribution in [0, 0.1) is 0 Å². The van der Waals surface area contributed by atoms with E-state index >= 15 is 0 Å². The number of hydrogen-bond donors (Lipinski definition) is 1. The van der Waals surface area contributed by atoms with Crippen molar-refractivity contribution in [1.29, 1.82) is 0 Å². The van der Waals surface area contributed by atoms with Gasteiger partial charge >= 0.3 is 0 Å². The molecule has 0 saturated carbocycles. The summed E-state index contributed by atoms with van der Waals surface area (Å²) in [6.07, 6.45) is 5.04. The Hall–Kier alpha value is -2.77. The quantitative estimate of drug-likeness (QED) is 0.399. The Morgan fingerprint density at radius 3 is 2.26 bits per heavy atom. The van der Waals surface area contributed by atoms with Crippen LogP contribution < -0.4 is 4.72 Å². The Kier molecular flexibility index (Phi) is 6.34. The molecule has 5 nitrogen and oxygen atoms in total. The molecule has 2 aromatic carbocycles. The average Bonchev–Trinajstić information content (AvgIpc) is 2.80. The monoisotopic (exact) mass is 469 g/mol. The van der Waals surface area contributed by atoms with Crippen molar-refractivity contribution in [2.45, 2.75) is 11.4 Å². The lowest BCUT2D eigenvalue weighted by molar-refractivity contribution is 0.581. The van der Waals surface area contributed by atoms with Gasteiger partial charge in [0.15, 0.2) is 0 Å². The SMILES string of the molecule is O=S(=O)(NCc1cccnc1-c1cccnc1)c1ccc(-c2ccc(Cl)c(Cl)c2)cc1. The molecule has 0 unspecified atom stereocenters. The zero-order chi connectivity index (χ0) is 21.8. The Morgan fingerprint density at radius 1 is 0.806 bits per heavy atom. The Balaban J connectivity index is 1.53. The molecule has 0 aliphatic carbocycles. The van der Waals surface area contributed by atoms with Crippen LogP contribution in [-0.4, -0.2) is 18.4 Å². The number of aromatic nitrogens is 2. The first kappa shape index (κ1) is 21.5. The molecule has 8 heteroatoms. The van der Waals surface area contributed by atoms with Crippen molar-refractivity contribution < 1.29 is 8.42 Å². The lowest BCUT2D eigenvalue weighted by atomic mass is 10.1. The molecule has 1 N–H and O–H groups in total. The minimum Gasteiger partial charge on any atom is -0.264 e. The van der Waals surface area contributed by atoms with Gasteiger partial charge in [-0.1, -0.05) is 47.5 Å². The summed E-state index contributed by atoms with van der Waals surface area (Å²) in [4.78, 5) is 8.66. The largest absolute Gasteiger partial charge is 0.264 e. The first-order chi connectivity index (χ1) is 14.9. The van der Waals surface area contributed by atoms with E-state index in [0.29, 0.717) is 15.7 Å². The molecule has 2 aromatic heterocycles. The molecule has 156 valence electrons. The maximum atomic E-state index is 12.8. The van der Waals surface area contributed by atoms with Crippen LogP contribution in [0.15, 0.2) is 90.2 Å². The summed E-state index contributed by atoms with van der Waals surface area (Å²) in [6.45, 7) is 0.106. The summed E-state index contributed by atoms with van der Waals surface area (Å²) in [5.41, 5.74) is 3.95. The highest BCUT2D eigenvalue weighted by Gasteiger charge is 2.16. The van der Waals surface area contributed by atoms with Gasteiger partial charge in [-0.3, -0.25) is 9.97 Å². The highest BCUT2D eigenvalue weighted by molar-refractivity contribution is 7.89. The Morgan fingerprint density at radius 2 is 1.55 bits per heavy atom. The summed E-state index contributed by atoms with van der Waals surface area (Å²) in [5, 5.41) is 0.910. The summed E-state index contributed by atoms with van der Waals surface area (Å²) in [7, 11) is -3.71. The van der Waals surface area contributed by atoms with E-state index in [4.69, 9.17) is 23.2 Å². The van der Waals surface area contributed by atoms with E-state index in [2.05, 4.69) is 14.7 Å². The van der Waals surface area contributed by atoms with Crippen molar-refractivity contribution in [2.75, 3.05) is 0 Å². The van der Waals surface area contributed by atoms with E-state index in [1.165, 1.54) is 0 Å². The lowest BCUT2D eigenvalue weighted by Gasteiger charge is -2.11. The van der Waals surface area contributed by atoms with Crippen LogP contribution in [0.5, 0.6) is 0 Å². The van der Waals surface area contributed by atoms with E-state index in [1.807, 2.05) is 24.3 Å². The second-order valence-electron chi connectivity index (χ2n) is 6.73. The van der Waals surface area contributed by atoms with Crippen LogP contribution in [0.4, 0.5) is 0 Å². The van der Waals surface area contributed by atoms with Gasteiger partial charge < -0.3 is 0 Å². The molecule has 0 fully saturated rings. The summed E-state index contributed by atoms with van der Waals surface area (Å²) in [6, 6.07) is 19.2. The minimum atomic E-state index is -3.71. The van der Waals surface area contributed by atoms with E-state index in [-0.39, 0.29) is 11.4 Å². The molecule has 0 amide bonds. The number of nitrogens with zero attached hydrogens (tertiary/aromatic N) is 2. The molecule has 0 saturated heterocycles. The highest BCUT2D eigenvalue weighted by Crippen LogP contribution is 2.29. The fourth-order valence-electron chi connectivity index (χ4n) is 3.10. The number of pyridine rings is 2. The van der Waals surface area contributed by atoms with Gasteiger partial charge in [0.05, 0.1) is 20.6 Å². The van der Waals surface area contributed by atoms with E-state index in [0.717, 1.165) is 22.3 Å². The van der Waals surface area contributed by atoms with Crippen LogP contribution in [-0.2, 0) is 16.6 Å². The second kappa shape index (κ2) is 9.16. The second-order valence-corrected chi connectivity index (χ2v) is 9.31. The lowest BCUT2D eigenvalue weighted by Crippen LogP contribution is -2.23. The van der Waals surface area contributed by atoms with Crippen molar-refractivity contribution in [1.82, 2.24) is 14.7 Å². The van der Waals surface area contributed by atoms with Crippen molar-refractivity contribution >= 4 is 33.2 Å². The third-order valence-corrected chi connectivity index (χ3v) is 6.85. The van der Waals surface area contributed by atoms with Crippen LogP contribution in [0.3, 0.4) is 0 Å². The number of sulfonamides is 1. The highest BCUT2D eigenvalue weighted by atomic mass is 35.5. The smallest absolute Gasteiger partial charge is 0.240 e. The maximum Gasteiger partial charge on any atom is 0.240 e. The zero-order valence-corrected chi connectivity index (χ0v) is 18.5. The van der Waals surface area contributed by atoms with Crippen molar-refractivity contribution in [2.24, 2.45) is 0 Å². The van der Waals surface area contributed by atoms with E-state index < -0.39 is 10.0 Å².